The van der Waals surface area contributed by atoms with Gasteiger partial charge in [-0.25, -0.2) is 0 Å². The first-order chi connectivity index (χ1) is 16.4. The highest BCUT2D eigenvalue weighted by molar-refractivity contribution is 5.86. The van der Waals surface area contributed by atoms with Crippen LogP contribution in [0.15, 0.2) is 77.2 Å². The van der Waals surface area contributed by atoms with Crippen LogP contribution in [0.1, 0.15) is 42.9 Å². The fourth-order valence-corrected chi connectivity index (χ4v) is 3.81. The third-order valence-corrected chi connectivity index (χ3v) is 5.86. The van der Waals surface area contributed by atoms with E-state index in [0.29, 0.717) is 32.0 Å². The molecule has 3 aromatic rings. The SMILES string of the molecule is Cc1ccc(CN(CCc2ccccc2)C(=O)CN(CCC(C)C)C(=O)Cc2ccccc2)o1. The number of carbonyl (C=O) groups is 2. The van der Waals surface area contributed by atoms with E-state index in [9.17, 15) is 9.59 Å². The van der Waals surface area contributed by atoms with Gasteiger partial charge in [-0.3, -0.25) is 9.59 Å². The van der Waals surface area contributed by atoms with Crippen LogP contribution in [-0.2, 0) is 29.0 Å². The molecule has 0 fully saturated rings. The summed E-state index contributed by atoms with van der Waals surface area (Å²) in [6.45, 7) is 7.77. The van der Waals surface area contributed by atoms with Gasteiger partial charge in [-0.2, -0.15) is 0 Å². The van der Waals surface area contributed by atoms with Crippen LogP contribution in [0.3, 0.4) is 0 Å². The molecule has 0 N–H and O–H groups in total. The number of furan rings is 1. The average molecular weight is 461 g/mol. The van der Waals surface area contributed by atoms with E-state index in [1.807, 2.05) is 72.5 Å². The second kappa shape index (κ2) is 12.8. The highest BCUT2D eigenvalue weighted by Gasteiger charge is 2.22. The van der Waals surface area contributed by atoms with Crippen molar-refractivity contribution in [1.82, 2.24) is 9.80 Å². The van der Waals surface area contributed by atoms with Gasteiger partial charge in [0.2, 0.25) is 11.8 Å². The Morgan fingerprint density at radius 2 is 1.44 bits per heavy atom. The molecule has 1 heterocycles. The normalized spacial score (nSPS) is 10.9. The Bertz CT molecular complexity index is 1030. The Balaban J connectivity index is 1.72. The van der Waals surface area contributed by atoms with Gasteiger partial charge in [0.05, 0.1) is 19.5 Å². The van der Waals surface area contributed by atoms with Gasteiger partial charge >= 0.3 is 0 Å². The molecule has 0 aliphatic rings. The van der Waals surface area contributed by atoms with Gasteiger partial charge in [-0.05, 0) is 48.9 Å². The zero-order valence-electron chi connectivity index (χ0n) is 20.6. The van der Waals surface area contributed by atoms with Crippen LogP contribution in [0.25, 0.3) is 0 Å². The first kappa shape index (κ1) is 25.3. The minimum absolute atomic E-state index is 0.0166. The number of nitrogens with zero attached hydrogens (tertiary/aromatic N) is 2. The summed E-state index contributed by atoms with van der Waals surface area (Å²) in [5, 5.41) is 0. The summed E-state index contributed by atoms with van der Waals surface area (Å²) in [6.07, 6.45) is 1.90. The molecule has 0 aliphatic heterocycles. The van der Waals surface area contributed by atoms with Crippen molar-refractivity contribution in [2.45, 2.75) is 46.6 Å². The molecule has 0 saturated carbocycles. The summed E-state index contributed by atoms with van der Waals surface area (Å²) < 4.78 is 5.75. The number of benzene rings is 2. The zero-order chi connectivity index (χ0) is 24.3. The van der Waals surface area contributed by atoms with Gasteiger partial charge in [0.25, 0.3) is 0 Å². The first-order valence-electron chi connectivity index (χ1n) is 12.1. The molecule has 3 rings (SSSR count). The van der Waals surface area contributed by atoms with Crippen molar-refractivity contribution in [3.05, 3.63) is 95.4 Å². The van der Waals surface area contributed by atoms with E-state index in [2.05, 4.69) is 26.0 Å². The molecular formula is C29H36N2O3. The van der Waals surface area contributed by atoms with Crippen LogP contribution in [-0.4, -0.2) is 41.2 Å². The maximum Gasteiger partial charge on any atom is 0.242 e. The molecule has 0 saturated heterocycles. The maximum atomic E-state index is 13.5. The topological polar surface area (TPSA) is 53.8 Å². The van der Waals surface area contributed by atoms with Gasteiger partial charge in [0.1, 0.15) is 11.5 Å². The molecule has 5 nitrogen and oxygen atoms in total. The van der Waals surface area contributed by atoms with Crippen LogP contribution < -0.4 is 0 Å². The van der Waals surface area contributed by atoms with Crippen LogP contribution >= 0.6 is 0 Å². The van der Waals surface area contributed by atoms with Gasteiger partial charge in [0, 0.05) is 13.1 Å². The largest absolute Gasteiger partial charge is 0.464 e. The Kier molecular flexibility index (Phi) is 9.51. The van der Waals surface area contributed by atoms with E-state index < -0.39 is 0 Å². The van der Waals surface area contributed by atoms with Crippen molar-refractivity contribution in [2.75, 3.05) is 19.6 Å². The van der Waals surface area contributed by atoms with E-state index in [4.69, 9.17) is 4.42 Å². The van der Waals surface area contributed by atoms with Crippen molar-refractivity contribution in [3.8, 4) is 0 Å². The van der Waals surface area contributed by atoms with Gasteiger partial charge in [0.15, 0.2) is 0 Å². The predicted molar refractivity (Wildman–Crippen MR) is 135 cm³/mol. The minimum atomic E-state index is -0.0600. The Labute approximate surface area is 203 Å². The van der Waals surface area contributed by atoms with Gasteiger partial charge in [-0.15, -0.1) is 0 Å². The van der Waals surface area contributed by atoms with Crippen LogP contribution in [0.5, 0.6) is 0 Å². The molecular weight excluding hydrogens is 424 g/mol. The number of carbonyl (C=O) groups excluding carboxylic acids is 2. The second-order valence-electron chi connectivity index (χ2n) is 9.22. The Hall–Kier alpha value is -3.34. The van der Waals surface area contributed by atoms with E-state index in [1.54, 1.807) is 4.90 Å². The molecule has 180 valence electrons. The van der Waals surface area contributed by atoms with E-state index >= 15 is 0 Å². The molecule has 0 unspecified atom stereocenters. The Morgan fingerprint density at radius 1 is 0.794 bits per heavy atom. The lowest BCUT2D eigenvalue weighted by Crippen LogP contribution is -2.44. The molecule has 0 spiro atoms. The van der Waals surface area contributed by atoms with Crippen molar-refractivity contribution < 1.29 is 14.0 Å². The monoisotopic (exact) mass is 460 g/mol. The standard InChI is InChI=1S/C29H36N2O3/c1-23(2)16-18-31(28(32)20-26-12-8-5-9-13-26)22-29(33)30(21-27-15-14-24(3)34-27)19-17-25-10-6-4-7-11-25/h4-15,23H,16-22H2,1-3H3. The van der Waals surface area contributed by atoms with Crippen molar-refractivity contribution in [2.24, 2.45) is 5.92 Å². The molecule has 0 atom stereocenters. The Morgan fingerprint density at radius 3 is 2.03 bits per heavy atom. The van der Waals surface area contributed by atoms with Crippen LogP contribution in [0.2, 0.25) is 0 Å². The number of hydrogen-bond donors (Lipinski definition) is 0. The van der Waals surface area contributed by atoms with E-state index in [1.165, 1.54) is 5.56 Å². The summed E-state index contributed by atoms with van der Waals surface area (Å²) in [6, 6.07) is 23.7. The summed E-state index contributed by atoms with van der Waals surface area (Å²) in [5.74, 6) is 1.94. The second-order valence-corrected chi connectivity index (χ2v) is 9.22. The van der Waals surface area contributed by atoms with Crippen molar-refractivity contribution in [1.29, 1.82) is 0 Å². The highest BCUT2D eigenvalue weighted by atomic mass is 16.3. The van der Waals surface area contributed by atoms with E-state index in [-0.39, 0.29) is 18.4 Å². The lowest BCUT2D eigenvalue weighted by molar-refractivity contribution is -0.140. The summed E-state index contributed by atoms with van der Waals surface area (Å²) in [4.78, 5) is 30.2. The zero-order valence-corrected chi connectivity index (χ0v) is 20.6. The molecule has 0 radical (unpaired) electrons. The van der Waals surface area contributed by atoms with Crippen molar-refractivity contribution >= 4 is 11.8 Å². The number of amides is 2. The first-order valence-corrected chi connectivity index (χ1v) is 12.1. The molecule has 2 aromatic carbocycles. The molecule has 0 aliphatic carbocycles. The quantitative estimate of drug-likeness (QED) is 0.370. The fourth-order valence-electron chi connectivity index (χ4n) is 3.81. The smallest absolute Gasteiger partial charge is 0.242 e. The van der Waals surface area contributed by atoms with Gasteiger partial charge in [-0.1, -0.05) is 74.5 Å². The van der Waals surface area contributed by atoms with Gasteiger partial charge < -0.3 is 14.2 Å². The molecule has 1 aromatic heterocycles. The fraction of sp³-hybridized carbons (Fsp3) is 0.379. The number of aryl methyl sites for hydroxylation is 1. The molecule has 2 amide bonds. The molecule has 5 heteroatoms. The van der Waals surface area contributed by atoms with Crippen LogP contribution in [0.4, 0.5) is 0 Å². The summed E-state index contributed by atoms with van der Waals surface area (Å²) >= 11 is 0. The summed E-state index contributed by atoms with van der Waals surface area (Å²) in [5.41, 5.74) is 2.13. The lowest BCUT2D eigenvalue weighted by Gasteiger charge is -2.28. The third kappa shape index (κ3) is 8.22. The van der Waals surface area contributed by atoms with Crippen molar-refractivity contribution in [3.63, 3.8) is 0 Å². The van der Waals surface area contributed by atoms with E-state index in [0.717, 1.165) is 29.9 Å². The number of hydrogen-bond acceptors (Lipinski definition) is 3. The summed E-state index contributed by atoms with van der Waals surface area (Å²) in [7, 11) is 0. The maximum absolute atomic E-state index is 13.5. The third-order valence-electron chi connectivity index (χ3n) is 5.86. The minimum Gasteiger partial charge on any atom is -0.464 e. The highest BCUT2D eigenvalue weighted by Crippen LogP contribution is 2.13. The van der Waals surface area contributed by atoms with Crippen LogP contribution in [0, 0.1) is 12.8 Å². The molecule has 0 bridgehead atoms. The molecule has 34 heavy (non-hydrogen) atoms. The predicted octanol–water partition coefficient (Wildman–Crippen LogP) is 5.28. The lowest BCUT2D eigenvalue weighted by atomic mass is 10.1. The number of rotatable bonds is 12. The average Bonchev–Trinajstić information content (AvgIpc) is 3.24.